The molecule has 0 spiro atoms. The molecule has 0 aromatic heterocycles. The zero-order valence-electron chi connectivity index (χ0n) is 11.7. The molecule has 0 aromatic carbocycles. The van der Waals surface area contributed by atoms with Crippen LogP contribution in [0.4, 0.5) is 0 Å². The number of ether oxygens (including phenoxy) is 4. The van der Waals surface area contributed by atoms with E-state index in [0.29, 0.717) is 45.6 Å². The fourth-order valence-corrected chi connectivity index (χ4v) is 1.35. The number of hydrogen-bond donors (Lipinski definition) is 0. The lowest BCUT2D eigenvalue weighted by Gasteiger charge is -2.09. The molecule has 0 rings (SSSR count). The van der Waals surface area contributed by atoms with E-state index in [2.05, 4.69) is 29.8 Å². The van der Waals surface area contributed by atoms with Crippen LogP contribution in [0, 0.1) is 5.92 Å². The summed E-state index contributed by atoms with van der Waals surface area (Å²) in [6, 6.07) is 0. The smallest absolute Gasteiger partial charge is 0.0701 e. The molecule has 5 heteroatoms. The maximum absolute atomic E-state index is 5.47. The minimum atomic E-state index is 0.614. The monoisotopic (exact) mass is 326 g/mol. The van der Waals surface area contributed by atoms with Crippen LogP contribution >= 0.6 is 15.9 Å². The highest BCUT2D eigenvalue weighted by atomic mass is 79.9. The first kappa shape index (κ1) is 18.3. The minimum Gasteiger partial charge on any atom is -0.379 e. The van der Waals surface area contributed by atoms with E-state index in [4.69, 9.17) is 18.9 Å². The van der Waals surface area contributed by atoms with Gasteiger partial charge in [-0.1, -0.05) is 36.2 Å². The van der Waals surface area contributed by atoms with E-state index in [1.165, 1.54) is 0 Å². The summed E-state index contributed by atoms with van der Waals surface area (Å²) in [5.74, 6) is 0.632. The minimum absolute atomic E-state index is 0.614. The SMILES string of the molecule is CCC(C)COCCOCCOCCOCCBr. The molecular weight excluding hydrogens is 300 g/mol. The quantitative estimate of drug-likeness (QED) is 0.363. The highest BCUT2D eigenvalue weighted by Gasteiger charge is 1.97. The van der Waals surface area contributed by atoms with Gasteiger partial charge in [-0.2, -0.15) is 0 Å². The molecule has 18 heavy (non-hydrogen) atoms. The maximum atomic E-state index is 5.47. The largest absolute Gasteiger partial charge is 0.379 e. The highest BCUT2D eigenvalue weighted by molar-refractivity contribution is 9.09. The van der Waals surface area contributed by atoms with Gasteiger partial charge in [0, 0.05) is 11.9 Å². The molecule has 0 fully saturated rings. The van der Waals surface area contributed by atoms with E-state index < -0.39 is 0 Å². The molecule has 0 amide bonds. The third-order valence-corrected chi connectivity index (χ3v) is 2.76. The summed E-state index contributed by atoms with van der Waals surface area (Å²) in [5, 5.41) is 0.868. The summed E-state index contributed by atoms with van der Waals surface area (Å²) in [4.78, 5) is 0. The summed E-state index contributed by atoms with van der Waals surface area (Å²) < 4.78 is 21.4. The average molecular weight is 327 g/mol. The third kappa shape index (κ3) is 14.4. The topological polar surface area (TPSA) is 36.9 Å². The molecule has 0 N–H and O–H groups in total. The summed E-state index contributed by atoms with van der Waals surface area (Å²) in [5.41, 5.74) is 0. The second-order valence-corrected chi connectivity index (χ2v) is 4.91. The van der Waals surface area contributed by atoms with Gasteiger partial charge in [-0.15, -0.1) is 0 Å². The fourth-order valence-electron chi connectivity index (χ4n) is 1.12. The fraction of sp³-hybridized carbons (Fsp3) is 1.00. The van der Waals surface area contributed by atoms with Crippen molar-refractivity contribution in [3.8, 4) is 0 Å². The molecule has 0 heterocycles. The van der Waals surface area contributed by atoms with Crippen LogP contribution in [0.1, 0.15) is 20.3 Å². The molecular formula is C13H27BrO4. The molecule has 0 saturated carbocycles. The number of hydrogen-bond acceptors (Lipinski definition) is 4. The Hall–Kier alpha value is 0.320. The Morgan fingerprint density at radius 3 is 1.67 bits per heavy atom. The maximum Gasteiger partial charge on any atom is 0.0701 e. The van der Waals surface area contributed by atoms with Crippen LogP contribution in [-0.2, 0) is 18.9 Å². The molecule has 1 unspecified atom stereocenters. The second-order valence-electron chi connectivity index (χ2n) is 4.11. The van der Waals surface area contributed by atoms with E-state index in [1.807, 2.05) is 0 Å². The van der Waals surface area contributed by atoms with Crippen molar-refractivity contribution in [1.29, 1.82) is 0 Å². The van der Waals surface area contributed by atoms with Gasteiger partial charge in [0.15, 0.2) is 0 Å². The zero-order chi connectivity index (χ0) is 13.5. The van der Waals surface area contributed by atoms with Gasteiger partial charge in [-0.3, -0.25) is 0 Å². The lowest BCUT2D eigenvalue weighted by atomic mass is 10.1. The Morgan fingerprint density at radius 2 is 1.22 bits per heavy atom. The van der Waals surface area contributed by atoms with Crippen molar-refractivity contribution in [1.82, 2.24) is 0 Å². The Labute approximate surface area is 119 Å². The first-order valence-electron chi connectivity index (χ1n) is 6.68. The van der Waals surface area contributed by atoms with E-state index in [1.54, 1.807) is 0 Å². The summed E-state index contributed by atoms with van der Waals surface area (Å²) in [7, 11) is 0. The Kier molecular flexibility index (Phi) is 15.7. The van der Waals surface area contributed by atoms with Crippen molar-refractivity contribution >= 4 is 15.9 Å². The lowest BCUT2D eigenvalue weighted by Crippen LogP contribution is -2.13. The van der Waals surface area contributed by atoms with Gasteiger partial charge in [0.25, 0.3) is 0 Å². The molecule has 110 valence electrons. The van der Waals surface area contributed by atoms with Crippen LogP contribution in [0.5, 0.6) is 0 Å². The number of rotatable bonds is 14. The van der Waals surface area contributed by atoms with Crippen LogP contribution in [-0.4, -0.2) is 58.2 Å². The van der Waals surface area contributed by atoms with Gasteiger partial charge in [0.05, 0.1) is 46.2 Å². The van der Waals surface area contributed by atoms with Crippen molar-refractivity contribution in [3.63, 3.8) is 0 Å². The first-order valence-corrected chi connectivity index (χ1v) is 7.80. The van der Waals surface area contributed by atoms with Gasteiger partial charge in [0.1, 0.15) is 0 Å². The predicted octanol–water partition coefficient (Wildman–Crippen LogP) is 2.49. The van der Waals surface area contributed by atoms with Gasteiger partial charge in [0.2, 0.25) is 0 Å². The van der Waals surface area contributed by atoms with E-state index >= 15 is 0 Å². The van der Waals surface area contributed by atoms with Crippen molar-refractivity contribution in [3.05, 3.63) is 0 Å². The van der Waals surface area contributed by atoms with Crippen LogP contribution in [0.2, 0.25) is 0 Å². The Morgan fingerprint density at radius 1 is 0.778 bits per heavy atom. The van der Waals surface area contributed by atoms with E-state index in [9.17, 15) is 0 Å². The number of halogens is 1. The molecule has 1 atom stereocenters. The van der Waals surface area contributed by atoms with E-state index in [-0.39, 0.29) is 0 Å². The van der Waals surface area contributed by atoms with Gasteiger partial charge in [-0.05, 0) is 5.92 Å². The lowest BCUT2D eigenvalue weighted by molar-refractivity contribution is -0.00395. The van der Waals surface area contributed by atoms with Crippen LogP contribution < -0.4 is 0 Å². The molecule has 4 nitrogen and oxygen atoms in total. The van der Waals surface area contributed by atoms with Crippen molar-refractivity contribution < 1.29 is 18.9 Å². The van der Waals surface area contributed by atoms with Gasteiger partial charge < -0.3 is 18.9 Å². The summed E-state index contributed by atoms with van der Waals surface area (Å²) in [6.07, 6.45) is 1.16. The normalized spacial score (nSPS) is 12.8. The predicted molar refractivity (Wildman–Crippen MR) is 76.5 cm³/mol. The molecule has 0 aliphatic rings. The molecule has 0 aromatic rings. The zero-order valence-corrected chi connectivity index (χ0v) is 13.2. The first-order chi connectivity index (χ1) is 8.81. The average Bonchev–Trinajstić information content (AvgIpc) is 2.39. The van der Waals surface area contributed by atoms with Crippen LogP contribution in [0.25, 0.3) is 0 Å². The number of alkyl halides is 1. The highest BCUT2D eigenvalue weighted by Crippen LogP contribution is 1.99. The summed E-state index contributed by atoms with van der Waals surface area (Å²) in [6.45, 7) is 9.71. The Bertz CT molecular complexity index is 158. The summed E-state index contributed by atoms with van der Waals surface area (Å²) >= 11 is 3.29. The van der Waals surface area contributed by atoms with Crippen LogP contribution in [0.3, 0.4) is 0 Å². The molecule has 0 aliphatic heterocycles. The van der Waals surface area contributed by atoms with Crippen molar-refractivity contribution in [2.24, 2.45) is 5.92 Å². The van der Waals surface area contributed by atoms with Crippen LogP contribution in [0.15, 0.2) is 0 Å². The van der Waals surface area contributed by atoms with E-state index in [0.717, 1.165) is 25.0 Å². The Balaban J connectivity index is 2.94. The standard InChI is InChI=1S/C13H27BrO4/c1-3-13(2)12-18-11-10-17-9-8-16-7-6-15-5-4-14/h13H,3-12H2,1-2H3. The van der Waals surface area contributed by atoms with Crippen molar-refractivity contribution in [2.45, 2.75) is 20.3 Å². The molecule has 0 radical (unpaired) electrons. The molecule has 0 saturated heterocycles. The van der Waals surface area contributed by atoms with Crippen molar-refractivity contribution in [2.75, 3.05) is 58.2 Å². The second kappa shape index (κ2) is 15.4. The van der Waals surface area contributed by atoms with Gasteiger partial charge in [-0.25, -0.2) is 0 Å². The van der Waals surface area contributed by atoms with Gasteiger partial charge >= 0.3 is 0 Å². The third-order valence-electron chi connectivity index (χ3n) is 2.44. The molecule has 0 bridgehead atoms. The molecule has 0 aliphatic carbocycles.